The Hall–Kier alpha value is -2.33. The van der Waals surface area contributed by atoms with Crippen molar-refractivity contribution in [2.75, 3.05) is 5.32 Å². The molecule has 1 amide bonds. The van der Waals surface area contributed by atoms with Crippen LogP contribution in [0.1, 0.15) is 22.8 Å². The maximum absolute atomic E-state index is 12.1. The van der Waals surface area contributed by atoms with Gasteiger partial charge in [-0.3, -0.25) is 4.79 Å². The predicted molar refractivity (Wildman–Crippen MR) is 86.1 cm³/mol. The number of anilines is 1. The standard InChI is InChI=1S/C17H16ClNO3/c1-11-6-3-4-9-15(11)19-16(20)12(2)22-17(21)13-7-5-8-14(18)10-13/h3-10,12H,1-2H3,(H,19,20). The van der Waals surface area contributed by atoms with Gasteiger partial charge in [-0.1, -0.05) is 35.9 Å². The topological polar surface area (TPSA) is 55.4 Å². The molecular formula is C17H16ClNO3. The quantitative estimate of drug-likeness (QED) is 0.872. The number of esters is 1. The summed E-state index contributed by atoms with van der Waals surface area (Å²) < 4.78 is 5.16. The predicted octanol–water partition coefficient (Wildman–Crippen LogP) is 3.83. The van der Waals surface area contributed by atoms with Gasteiger partial charge in [0, 0.05) is 10.7 Å². The van der Waals surface area contributed by atoms with Crippen molar-refractivity contribution in [3.05, 3.63) is 64.7 Å². The third kappa shape index (κ3) is 4.09. The van der Waals surface area contributed by atoms with Gasteiger partial charge in [0.25, 0.3) is 5.91 Å². The van der Waals surface area contributed by atoms with Crippen LogP contribution in [0, 0.1) is 6.92 Å². The van der Waals surface area contributed by atoms with Crippen molar-refractivity contribution in [2.24, 2.45) is 0 Å². The zero-order chi connectivity index (χ0) is 16.1. The molecule has 1 N–H and O–H groups in total. The van der Waals surface area contributed by atoms with E-state index in [4.69, 9.17) is 16.3 Å². The molecule has 0 aliphatic heterocycles. The van der Waals surface area contributed by atoms with Crippen LogP contribution in [0.25, 0.3) is 0 Å². The highest BCUT2D eigenvalue weighted by Gasteiger charge is 2.19. The number of carbonyl (C=O) groups excluding carboxylic acids is 2. The van der Waals surface area contributed by atoms with Crippen LogP contribution in [0.15, 0.2) is 48.5 Å². The van der Waals surface area contributed by atoms with E-state index in [1.165, 1.54) is 13.0 Å². The third-order valence-electron chi connectivity index (χ3n) is 3.12. The van der Waals surface area contributed by atoms with Gasteiger partial charge in [-0.05, 0) is 43.7 Å². The van der Waals surface area contributed by atoms with Gasteiger partial charge in [-0.25, -0.2) is 4.79 Å². The van der Waals surface area contributed by atoms with Crippen molar-refractivity contribution in [3.63, 3.8) is 0 Å². The van der Waals surface area contributed by atoms with E-state index in [2.05, 4.69) is 5.32 Å². The molecule has 0 fully saturated rings. The summed E-state index contributed by atoms with van der Waals surface area (Å²) in [5.41, 5.74) is 1.94. The molecule has 5 heteroatoms. The number of halogens is 1. The minimum atomic E-state index is -0.911. The molecule has 0 bridgehead atoms. The number of ether oxygens (including phenoxy) is 1. The average Bonchev–Trinajstić information content (AvgIpc) is 2.49. The van der Waals surface area contributed by atoms with Gasteiger partial charge in [0.05, 0.1) is 5.56 Å². The molecule has 0 aromatic heterocycles. The fourth-order valence-electron chi connectivity index (χ4n) is 1.85. The van der Waals surface area contributed by atoms with E-state index < -0.39 is 12.1 Å². The molecular weight excluding hydrogens is 302 g/mol. The third-order valence-corrected chi connectivity index (χ3v) is 3.35. The molecule has 0 aliphatic carbocycles. The number of hydrogen-bond donors (Lipinski definition) is 1. The smallest absolute Gasteiger partial charge is 0.338 e. The lowest BCUT2D eigenvalue weighted by Crippen LogP contribution is -2.30. The van der Waals surface area contributed by atoms with Gasteiger partial charge in [0.2, 0.25) is 0 Å². The molecule has 0 saturated carbocycles. The molecule has 4 nitrogen and oxygen atoms in total. The Labute approximate surface area is 134 Å². The van der Waals surface area contributed by atoms with Crippen LogP contribution in [-0.4, -0.2) is 18.0 Å². The summed E-state index contributed by atoms with van der Waals surface area (Å²) in [7, 11) is 0. The molecule has 1 atom stereocenters. The monoisotopic (exact) mass is 317 g/mol. The molecule has 0 spiro atoms. The second kappa shape index (κ2) is 7.09. The first-order valence-corrected chi connectivity index (χ1v) is 7.18. The number of rotatable bonds is 4. The largest absolute Gasteiger partial charge is 0.449 e. The summed E-state index contributed by atoms with van der Waals surface area (Å²) >= 11 is 5.83. The molecule has 1 unspecified atom stereocenters. The normalized spacial score (nSPS) is 11.6. The molecule has 0 radical (unpaired) electrons. The zero-order valence-electron chi connectivity index (χ0n) is 12.3. The molecule has 0 aliphatic rings. The zero-order valence-corrected chi connectivity index (χ0v) is 13.1. The van der Waals surface area contributed by atoms with Crippen molar-refractivity contribution in [3.8, 4) is 0 Å². The van der Waals surface area contributed by atoms with Crippen LogP contribution in [0.5, 0.6) is 0 Å². The lowest BCUT2D eigenvalue weighted by Gasteiger charge is -2.14. The molecule has 114 valence electrons. The van der Waals surface area contributed by atoms with Gasteiger partial charge in [0.15, 0.2) is 6.10 Å². The van der Waals surface area contributed by atoms with E-state index in [-0.39, 0.29) is 5.91 Å². The lowest BCUT2D eigenvalue weighted by atomic mass is 10.2. The van der Waals surface area contributed by atoms with Crippen LogP contribution in [0.3, 0.4) is 0 Å². The minimum Gasteiger partial charge on any atom is -0.449 e. The Morgan fingerprint density at radius 1 is 1.14 bits per heavy atom. The number of carbonyl (C=O) groups is 2. The summed E-state index contributed by atoms with van der Waals surface area (Å²) in [6, 6.07) is 13.8. The Morgan fingerprint density at radius 2 is 1.86 bits per heavy atom. The molecule has 2 rings (SSSR count). The van der Waals surface area contributed by atoms with Crippen molar-refractivity contribution in [1.82, 2.24) is 0 Å². The van der Waals surface area contributed by atoms with E-state index >= 15 is 0 Å². The highest BCUT2D eigenvalue weighted by molar-refractivity contribution is 6.30. The van der Waals surface area contributed by atoms with Crippen LogP contribution >= 0.6 is 11.6 Å². The number of amides is 1. The van der Waals surface area contributed by atoms with E-state index in [0.717, 1.165) is 5.56 Å². The van der Waals surface area contributed by atoms with Crippen LogP contribution in [0.2, 0.25) is 5.02 Å². The number of para-hydroxylation sites is 1. The van der Waals surface area contributed by atoms with E-state index in [1.807, 2.05) is 25.1 Å². The first-order chi connectivity index (χ1) is 10.5. The number of nitrogens with one attached hydrogen (secondary N) is 1. The van der Waals surface area contributed by atoms with Crippen molar-refractivity contribution >= 4 is 29.2 Å². The first-order valence-electron chi connectivity index (χ1n) is 6.80. The summed E-state index contributed by atoms with van der Waals surface area (Å²) in [5.74, 6) is -0.973. The van der Waals surface area contributed by atoms with Crippen molar-refractivity contribution in [1.29, 1.82) is 0 Å². The number of aryl methyl sites for hydroxylation is 1. The van der Waals surface area contributed by atoms with Gasteiger partial charge in [0.1, 0.15) is 0 Å². The minimum absolute atomic E-state index is 0.308. The Morgan fingerprint density at radius 3 is 2.55 bits per heavy atom. The highest BCUT2D eigenvalue weighted by atomic mass is 35.5. The van der Waals surface area contributed by atoms with E-state index in [1.54, 1.807) is 24.3 Å². The average molecular weight is 318 g/mol. The van der Waals surface area contributed by atoms with Gasteiger partial charge in [-0.15, -0.1) is 0 Å². The Balaban J connectivity index is 1.99. The number of benzene rings is 2. The molecule has 0 saturated heterocycles. The van der Waals surface area contributed by atoms with Gasteiger partial charge < -0.3 is 10.1 Å². The molecule has 2 aromatic carbocycles. The summed E-state index contributed by atoms with van der Waals surface area (Å²) in [5, 5.41) is 3.17. The van der Waals surface area contributed by atoms with Crippen LogP contribution in [0.4, 0.5) is 5.69 Å². The fourth-order valence-corrected chi connectivity index (χ4v) is 2.04. The summed E-state index contributed by atoms with van der Waals surface area (Å²) in [6.07, 6.45) is -0.911. The summed E-state index contributed by atoms with van der Waals surface area (Å²) in [6.45, 7) is 3.41. The maximum Gasteiger partial charge on any atom is 0.338 e. The SMILES string of the molecule is Cc1ccccc1NC(=O)C(C)OC(=O)c1cccc(Cl)c1. The van der Waals surface area contributed by atoms with Crippen LogP contribution in [-0.2, 0) is 9.53 Å². The fraction of sp³-hybridized carbons (Fsp3) is 0.176. The van der Waals surface area contributed by atoms with Gasteiger partial charge >= 0.3 is 5.97 Å². The molecule has 22 heavy (non-hydrogen) atoms. The van der Waals surface area contributed by atoms with Crippen LogP contribution < -0.4 is 5.32 Å². The van der Waals surface area contributed by atoms with Crippen molar-refractivity contribution < 1.29 is 14.3 Å². The van der Waals surface area contributed by atoms with E-state index in [9.17, 15) is 9.59 Å². The van der Waals surface area contributed by atoms with E-state index in [0.29, 0.717) is 16.3 Å². The Kier molecular flexibility index (Phi) is 5.17. The first kappa shape index (κ1) is 16.0. The second-order valence-electron chi connectivity index (χ2n) is 4.86. The highest BCUT2D eigenvalue weighted by Crippen LogP contribution is 2.15. The van der Waals surface area contributed by atoms with Gasteiger partial charge in [-0.2, -0.15) is 0 Å². The summed E-state index contributed by atoms with van der Waals surface area (Å²) in [4.78, 5) is 24.1. The lowest BCUT2D eigenvalue weighted by molar-refractivity contribution is -0.123. The Bertz CT molecular complexity index is 700. The molecule has 0 heterocycles. The van der Waals surface area contributed by atoms with Crippen molar-refractivity contribution in [2.45, 2.75) is 20.0 Å². The second-order valence-corrected chi connectivity index (χ2v) is 5.30. The maximum atomic E-state index is 12.1. The molecule has 2 aromatic rings. The number of hydrogen-bond acceptors (Lipinski definition) is 3.